The highest BCUT2D eigenvalue weighted by atomic mass is 16.4. The number of carbonyl (C=O) groups excluding carboxylic acids is 2. The molecule has 0 radical (unpaired) electrons. The number of likely N-dealkylation sites (N-methyl/N-ethyl adjacent to an activating group) is 1. The van der Waals surface area contributed by atoms with Crippen molar-refractivity contribution < 1.29 is 19.5 Å². The third-order valence-corrected chi connectivity index (χ3v) is 2.00. The van der Waals surface area contributed by atoms with E-state index in [1.165, 1.54) is 14.0 Å². The summed E-state index contributed by atoms with van der Waals surface area (Å²) < 4.78 is 0. The van der Waals surface area contributed by atoms with E-state index in [4.69, 9.17) is 5.11 Å². The van der Waals surface area contributed by atoms with Gasteiger partial charge in [0.1, 0.15) is 12.6 Å². The fourth-order valence-corrected chi connectivity index (χ4v) is 1.04. The van der Waals surface area contributed by atoms with Gasteiger partial charge in [0.2, 0.25) is 5.91 Å². The Morgan fingerprint density at radius 1 is 1.35 bits per heavy atom. The maximum Gasteiger partial charge on any atom is 0.323 e. The van der Waals surface area contributed by atoms with Crippen LogP contribution in [-0.2, 0) is 9.59 Å². The number of hydrogen-bond acceptors (Lipinski definition) is 3. The molecule has 0 bridgehead atoms. The number of aliphatic carboxylic acids is 1. The fraction of sp³-hybridized carbons (Fsp3) is 0.700. The number of hydrogen-bond donors (Lipinski definition) is 3. The van der Waals surface area contributed by atoms with Crippen molar-refractivity contribution in [1.29, 1.82) is 0 Å². The van der Waals surface area contributed by atoms with Crippen LogP contribution in [0.25, 0.3) is 0 Å². The lowest BCUT2D eigenvalue weighted by molar-refractivity contribution is -0.137. The van der Waals surface area contributed by atoms with Crippen LogP contribution in [0.4, 0.5) is 4.79 Å². The van der Waals surface area contributed by atoms with Crippen LogP contribution in [0.3, 0.4) is 0 Å². The number of carboxylic acid groups (broad SMARTS) is 1. The Bertz CT molecular complexity index is 293. The van der Waals surface area contributed by atoms with Gasteiger partial charge in [0.25, 0.3) is 0 Å². The number of amides is 3. The minimum absolute atomic E-state index is 0.288. The molecule has 0 aliphatic heterocycles. The maximum atomic E-state index is 11.4. The van der Waals surface area contributed by atoms with Gasteiger partial charge in [-0.1, -0.05) is 6.92 Å². The summed E-state index contributed by atoms with van der Waals surface area (Å²) >= 11 is 0. The second kappa shape index (κ2) is 7.48. The van der Waals surface area contributed by atoms with Crippen LogP contribution in [-0.4, -0.2) is 54.1 Å². The van der Waals surface area contributed by atoms with Crippen molar-refractivity contribution >= 4 is 17.9 Å². The highest BCUT2D eigenvalue weighted by Crippen LogP contribution is 1.89. The van der Waals surface area contributed by atoms with Gasteiger partial charge in [-0.3, -0.25) is 9.59 Å². The second-order valence-corrected chi connectivity index (χ2v) is 3.71. The monoisotopic (exact) mass is 245 g/mol. The first-order valence-corrected chi connectivity index (χ1v) is 5.39. The minimum Gasteiger partial charge on any atom is -0.480 e. The molecule has 98 valence electrons. The summed E-state index contributed by atoms with van der Waals surface area (Å²) in [5.41, 5.74) is 0. The lowest BCUT2D eigenvalue weighted by Crippen LogP contribution is -2.49. The molecule has 0 aliphatic rings. The van der Waals surface area contributed by atoms with E-state index in [2.05, 4.69) is 10.6 Å². The molecule has 0 saturated heterocycles. The third kappa shape index (κ3) is 6.39. The van der Waals surface area contributed by atoms with Gasteiger partial charge in [-0.2, -0.15) is 0 Å². The molecule has 0 rings (SSSR count). The van der Waals surface area contributed by atoms with Crippen molar-refractivity contribution in [2.75, 3.05) is 20.1 Å². The molecule has 3 N–H and O–H groups in total. The van der Waals surface area contributed by atoms with Crippen LogP contribution >= 0.6 is 0 Å². The zero-order valence-electron chi connectivity index (χ0n) is 10.3. The van der Waals surface area contributed by atoms with E-state index in [1.54, 1.807) is 0 Å². The molecule has 0 fully saturated rings. The van der Waals surface area contributed by atoms with Crippen LogP contribution in [0, 0.1) is 0 Å². The summed E-state index contributed by atoms with van der Waals surface area (Å²) in [5, 5.41) is 13.5. The van der Waals surface area contributed by atoms with Gasteiger partial charge in [0.05, 0.1) is 0 Å². The standard InChI is InChI=1S/C10H19N3O4/c1-4-5-11-9(16)7(2)12-10(17)13(3)6-8(14)15/h7H,4-6H2,1-3H3,(H,11,16)(H,12,17)(H,14,15). The average molecular weight is 245 g/mol. The number of urea groups is 1. The van der Waals surface area contributed by atoms with Crippen molar-refractivity contribution in [3.05, 3.63) is 0 Å². The van der Waals surface area contributed by atoms with E-state index in [9.17, 15) is 14.4 Å². The number of carboxylic acids is 1. The van der Waals surface area contributed by atoms with E-state index in [1.807, 2.05) is 6.92 Å². The first-order chi connectivity index (χ1) is 7.88. The normalized spacial score (nSPS) is 11.5. The molecular weight excluding hydrogens is 226 g/mol. The molecule has 0 aliphatic carbocycles. The highest BCUT2D eigenvalue weighted by Gasteiger charge is 2.18. The van der Waals surface area contributed by atoms with Gasteiger partial charge in [-0.15, -0.1) is 0 Å². The van der Waals surface area contributed by atoms with Crippen molar-refractivity contribution in [3.8, 4) is 0 Å². The molecule has 0 heterocycles. The molecular formula is C10H19N3O4. The van der Waals surface area contributed by atoms with Crippen LogP contribution < -0.4 is 10.6 Å². The Labute approximate surface area is 100 Å². The maximum absolute atomic E-state index is 11.4. The lowest BCUT2D eigenvalue weighted by Gasteiger charge is -2.19. The molecule has 7 nitrogen and oxygen atoms in total. The van der Waals surface area contributed by atoms with E-state index in [0.717, 1.165) is 11.3 Å². The van der Waals surface area contributed by atoms with Gasteiger partial charge in [-0.05, 0) is 13.3 Å². The summed E-state index contributed by atoms with van der Waals surface area (Å²) in [4.78, 5) is 34.2. The SMILES string of the molecule is CCCNC(=O)C(C)NC(=O)N(C)CC(=O)O. The summed E-state index contributed by atoms with van der Waals surface area (Å²) in [6.45, 7) is 3.60. The predicted molar refractivity (Wildman–Crippen MR) is 61.6 cm³/mol. The van der Waals surface area contributed by atoms with Crippen molar-refractivity contribution in [3.63, 3.8) is 0 Å². The zero-order valence-corrected chi connectivity index (χ0v) is 10.3. The Hall–Kier alpha value is -1.79. The molecule has 0 spiro atoms. The van der Waals surface area contributed by atoms with Crippen molar-refractivity contribution in [2.45, 2.75) is 26.3 Å². The number of carbonyl (C=O) groups is 3. The molecule has 0 aromatic rings. The Balaban J connectivity index is 4.10. The van der Waals surface area contributed by atoms with Crippen LogP contribution in [0.15, 0.2) is 0 Å². The number of rotatable bonds is 6. The average Bonchev–Trinajstić information content (AvgIpc) is 2.24. The van der Waals surface area contributed by atoms with Crippen LogP contribution in [0.1, 0.15) is 20.3 Å². The fourth-order valence-electron chi connectivity index (χ4n) is 1.04. The van der Waals surface area contributed by atoms with E-state index in [-0.39, 0.29) is 5.91 Å². The quantitative estimate of drug-likeness (QED) is 0.594. The zero-order chi connectivity index (χ0) is 13.4. The number of nitrogens with zero attached hydrogens (tertiary/aromatic N) is 1. The molecule has 3 amide bonds. The smallest absolute Gasteiger partial charge is 0.323 e. The van der Waals surface area contributed by atoms with E-state index in [0.29, 0.717) is 6.54 Å². The van der Waals surface area contributed by atoms with Crippen molar-refractivity contribution in [2.24, 2.45) is 0 Å². The molecule has 7 heteroatoms. The van der Waals surface area contributed by atoms with Gasteiger partial charge >= 0.3 is 12.0 Å². The van der Waals surface area contributed by atoms with E-state index >= 15 is 0 Å². The molecule has 0 aromatic heterocycles. The predicted octanol–water partition coefficient (Wildman–Crippen LogP) is -0.373. The minimum atomic E-state index is -1.11. The molecule has 0 saturated carbocycles. The first kappa shape index (κ1) is 15.2. The van der Waals surface area contributed by atoms with Gasteiger partial charge in [-0.25, -0.2) is 4.79 Å². The van der Waals surface area contributed by atoms with Crippen molar-refractivity contribution in [1.82, 2.24) is 15.5 Å². The van der Waals surface area contributed by atoms with Crippen LogP contribution in [0.5, 0.6) is 0 Å². The lowest BCUT2D eigenvalue weighted by atomic mass is 10.3. The Morgan fingerprint density at radius 3 is 2.41 bits per heavy atom. The third-order valence-electron chi connectivity index (χ3n) is 2.00. The van der Waals surface area contributed by atoms with E-state index < -0.39 is 24.6 Å². The van der Waals surface area contributed by atoms with Gasteiger partial charge in [0.15, 0.2) is 0 Å². The first-order valence-electron chi connectivity index (χ1n) is 5.39. The second-order valence-electron chi connectivity index (χ2n) is 3.71. The topological polar surface area (TPSA) is 98.7 Å². The van der Waals surface area contributed by atoms with Gasteiger partial charge in [0, 0.05) is 13.6 Å². The summed E-state index contributed by atoms with van der Waals surface area (Å²) in [5.74, 6) is -1.39. The van der Waals surface area contributed by atoms with Gasteiger partial charge < -0.3 is 20.6 Å². The summed E-state index contributed by atoms with van der Waals surface area (Å²) in [6.07, 6.45) is 0.811. The molecule has 1 atom stereocenters. The molecule has 17 heavy (non-hydrogen) atoms. The Kier molecular flexibility index (Phi) is 6.69. The summed E-state index contributed by atoms with van der Waals surface area (Å²) in [6, 6.07) is -1.28. The molecule has 0 aromatic carbocycles. The Morgan fingerprint density at radius 2 is 1.94 bits per heavy atom. The summed E-state index contributed by atoms with van der Waals surface area (Å²) in [7, 11) is 1.35. The largest absolute Gasteiger partial charge is 0.480 e. The van der Waals surface area contributed by atoms with Crippen LogP contribution in [0.2, 0.25) is 0 Å². The highest BCUT2D eigenvalue weighted by molar-refractivity contribution is 5.87. The number of nitrogens with one attached hydrogen (secondary N) is 2. The molecule has 1 unspecified atom stereocenters.